The van der Waals surface area contributed by atoms with Crippen LogP contribution in [-0.2, 0) is 10.4 Å². The lowest BCUT2D eigenvalue weighted by Gasteiger charge is -2.20. The van der Waals surface area contributed by atoms with Crippen molar-refractivity contribution in [2.45, 2.75) is 25.9 Å². The first-order valence-corrected chi connectivity index (χ1v) is 8.05. The summed E-state index contributed by atoms with van der Waals surface area (Å²) in [5, 5.41) is 13.5. The number of amides is 1. The van der Waals surface area contributed by atoms with Crippen molar-refractivity contribution >= 4 is 33.3 Å². The van der Waals surface area contributed by atoms with E-state index in [9.17, 15) is 14.7 Å². The Hall–Kier alpha value is -1.98. The fourth-order valence-electron chi connectivity index (χ4n) is 2.86. The summed E-state index contributed by atoms with van der Waals surface area (Å²) in [6, 6.07) is 10.7. The number of ketones is 1. The van der Waals surface area contributed by atoms with E-state index in [1.165, 1.54) is 0 Å². The largest absolute Gasteiger partial charge is 0.375 e. The van der Waals surface area contributed by atoms with Gasteiger partial charge >= 0.3 is 0 Å². The lowest BCUT2D eigenvalue weighted by Crippen LogP contribution is -2.36. The lowest BCUT2D eigenvalue weighted by molar-refractivity contribution is -0.133. The number of carbonyl (C=O) groups excluding carboxylic acids is 2. The van der Waals surface area contributed by atoms with Gasteiger partial charge in [0.25, 0.3) is 5.91 Å². The van der Waals surface area contributed by atoms with E-state index in [1.807, 2.05) is 26.0 Å². The molecule has 1 unspecified atom stereocenters. The van der Waals surface area contributed by atoms with E-state index in [-0.39, 0.29) is 12.2 Å². The number of aryl methyl sites for hydroxylation is 2. The molecule has 1 atom stereocenters. The topological polar surface area (TPSA) is 66.4 Å². The molecule has 2 N–H and O–H groups in total. The van der Waals surface area contributed by atoms with E-state index >= 15 is 0 Å². The molecule has 5 heteroatoms. The molecule has 0 aromatic heterocycles. The van der Waals surface area contributed by atoms with Gasteiger partial charge in [0.15, 0.2) is 11.4 Å². The van der Waals surface area contributed by atoms with E-state index in [4.69, 9.17) is 0 Å². The summed E-state index contributed by atoms with van der Waals surface area (Å²) in [6.45, 7) is 3.75. The number of halogens is 1. The third-order valence-corrected chi connectivity index (χ3v) is 4.65. The van der Waals surface area contributed by atoms with Gasteiger partial charge in [-0.1, -0.05) is 33.6 Å². The SMILES string of the molecule is Cc1ccc(C)c(C(=O)CC2(O)C(=O)Nc3ccc(Br)cc32)c1. The second-order valence-electron chi connectivity index (χ2n) is 5.92. The average molecular weight is 374 g/mol. The van der Waals surface area contributed by atoms with Gasteiger partial charge in [0, 0.05) is 21.3 Å². The minimum atomic E-state index is -1.84. The van der Waals surface area contributed by atoms with Crippen LogP contribution in [0.3, 0.4) is 0 Å². The Kier molecular flexibility index (Phi) is 3.86. The minimum Gasteiger partial charge on any atom is -0.375 e. The van der Waals surface area contributed by atoms with Gasteiger partial charge in [-0.2, -0.15) is 0 Å². The summed E-state index contributed by atoms with van der Waals surface area (Å²) >= 11 is 3.33. The predicted octanol–water partition coefficient (Wildman–Crippen LogP) is 3.48. The molecule has 0 bridgehead atoms. The summed E-state index contributed by atoms with van der Waals surface area (Å²) in [5.74, 6) is -0.819. The van der Waals surface area contributed by atoms with Crippen LogP contribution in [0.15, 0.2) is 40.9 Å². The van der Waals surface area contributed by atoms with Gasteiger partial charge in [-0.05, 0) is 43.7 Å². The molecule has 0 saturated carbocycles. The van der Waals surface area contributed by atoms with Crippen LogP contribution in [0.2, 0.25) is 0 Å². The summed E-state index contributed by atoms with van der Waals surface area (Å²) in [4.78, 5) is 24.9. The Bertz CT molecular complexity index is 831. The number of benzene rings is 2. The molecule has 0 fully saturated rings. The summed E-state index contributed by atoms with van der Waals surface area (Å²) in [5.41, 5.74) is 1.45. The molecule has 0 radical (unpaired) electrons. The van der Waals surface area contributed by atoms with Crippen LogP contribution in [-0.4, -0.2) is 16.8 Å². The fourth-order valence-corrected chi connectivity index (χ4v) is 3.22. The van der Waals surface area contributed by atoms with Crippen LogP contribution in [0.25, 0.3) is 0 Å². The van der Waals surface area contributed by atoms with E-state index < -0.39 is 11.5 Å². The molecule has 1 amide bonds. The number of fused-ring (bicyclic) bond motifs is 1. The highest BCUT2D eigenvalue weighted by Crippen LogP contribution is 2.40. The van der Waals surface area contributed by atoms with E-state index in [2.05, 4.69) is 21.2 Å². The number of anilines is 1. The highest BCUT2D eigenvalue weighted by Gasteiger charge is 2.47. The van der Waals surface area contributed by atoms with Crippen molar-refractivity contribution < 1.29 is 14.7 Å². The van der Waals surface area contributed by atoms with Gasteiger partial charge in [-0.15, -0.1) is 0 Å². The van der Waals surface area contributed by atoms with Crippen molar-refractivity contribution in [3.63, 3.8) is 0 Å². The number of aliphatic hydroxyl groups is 1. The van der Waals surface area contributed by atoms with Crippen LogP contribution >= 0.6 is 15.9 Å². The fraction of sp³-hybridized carbons (Fsp3) is 0.222. The maximum absolute atomic E-state index is 12.7. The Labute approximate surface area is 142 Å². The zero-order valence-electron chi connectivity index (χ0n) is 12.8. The second-order valence-corrected chi connectivity index (χ2v) is 6.84. The molecule has 1 aliphatic heterocycles. The number of rotatable bonds is 3. The Balaban J connectivity index is 1.99. The molecule has 0 saturated heterocycles. The zero-order chi connectivity index (χ0) is 16.8. The molecule has 23 heavy (non-hydrogen) atoms. The quantitative estimate of drug-likeness (QED) is 0.809. The Morgan fingerprint density at radius 3 is 2.70 bits per heavy atom. The van der Waals surface area contributed by atoms with Crippen LogP contribution < -0.4 is 5.32 Å². The molecule has 4 nitrogen and oxygen atoms in total. The number of carbonyl (C=O) groups is 2. The first-order valence-electron chi connectivity index (χ1n) is 7.25. The van der Waals surface area contributed by atoms with Crippen molar-refractivity contribution in [2.75, 3.05) is 5.32 Å². The van der Waals surface area contributed by atoms with Gasteiger partial charge in [0.1, 0.15) is 0 Å². The Morgan fingerprint density at radius 1 is 1.22 bits per heavy atom. The monoisotopic (exact) mass is 373 g/mol. The average Bonchev–Trinajstić information content (AvgIpc) is 2.73. The van der Waals surface area contributed by atoms with Crippen LogP contribution in [0.1, 0.15) is 33.5 Å². The number of hydrogen-bond donors (Lipinski definition) is 2. The maximum Gasteiger partial charge on any atom is 0.261 e. The number of Topliss-reactive ketones (excluding diaryl/α,β-unsaturated/α-hetero) is 1. The molecular weight excluding hydrogens is 358 g/mol. The van der Waals surface area contributed by atoms with Crippen molar-refractivity contribution in [1.82, 2.24) is 0 Å². The van der Waals surface area contributed by atoms with Crippen molar-refractivity contribution in [2.24, 2.45) is 0 Å². The first kappa shape index (κ1) is 15.9. The van der Waals surface area contributed by atoms with Gasteiger partial charge in [-0.25, -0.2) is 0 Å². The van der Waals surface area contributed by atoms with Crippen LogP contribution in [0, 0.1) is 13.8 Å². The summed E-state index contributed by atoms with van der Waals surface area (Å²) in [7, 11) is 0. The molecule has 118 valence electrons. The third-order valence-electron chi connectivity index (χ3n) is 4.16. The molecule has 2 aromatic carbocycles. The van der Waals surface area contributed by atoms with Gasteiger partial charge in [0.2, 0.25) is 0 Å². The minimum absolute atomic E-state index is 0.253. The normalized spacial score (nSPS) is 19.4. The first-order chi connectivity index (χ1) is 10.8. The summed E-state index contributed by atoms with van der Waals surface area (Å²) in [6.07, 6.45) is -0.285. The predicted molar refractivity (Wildman–Crippen MR) is 91.5 cm³/mol. The molecule has 3 rings (SSSR count). The smallest absolute Gasteiger partial charge is 0.261 e. The highest BCUT2D eigenvalue weighted by molar-refractivity contribution is 9.10. The molecule has 0 spiro atoms. The van der Waals surface area contributed by atoms with Crippen LogP contribution in [0.5, 0.6) is 0 Å². The standard InChI is InChI=1S/C18H16BrNO3/c1-10-3-4-11(2)13(7-10)16(21)9-18(23)14-8-12(19)5-6-15(14)20-17(18)22/h3-8,23H,9H2,1-2H3,(H,20,22). The zero-order valence-corrected chi connectivity index (χ0v) is 14.4. The van der Waals surface area contributed by atoms with Crippen molar-refractivity contribution in [3.05, 3.63) is 63.1 Å². The highest BCUT2D eigenvalue weighted by atomic mass is 79.9. The number of nitrogens with one attached hydrogen (secondary N) is 1. The Morgan fingerprint density at radius 2 is 1.96 bits per heavy atom. The van der Waals surface area contributed by atoms with Crippen LogP contribution in [0.4, 0.5) is 5.69 Å². The van der Waals surface area contributed by atoms with Gasteiger partial charge in [0.05, 0.1) is 6.42 Å². The van der Waals surface area contributed by atoms with Crippen molar-refractivity contribution in [1.29, 1.82) is 0 Å². The molecule has 0 aliphatic carbocycles. The molecule has 2 aromatic rings. The summed E-state index contributed by atoms with van der Waals surface area (Å²) < 4.78 is 0.741. The third kappa shape index (κ3) is 2.71. The van der Waals surface area contributed by atoms with E-state index in [0.29, 0.717) is 16.8 Å². The number of hydrogen-bond acceptors (Lipinski definition) is 3. The van der Waals surface area contributed by atoms with Gasteiger partial charge < -0.3 is 10.4 Å². The maximum atomic E-state index is 12.7. The molecule has 1 aliphatic rings. The van der Waals surface area contributed by atoms with E-state index in [0.717, 1.165) is 15.6 Å². The van der Waals surface area contributed by atoms with Gasteiger partial charge in [-0.3, -0.25) is 9.59 Å². The van der Waals surface area contributed by atoms with Crippen molar-refractivity contribution in [3.8, 4) is 0 Å². The lowest BCUT2D eigenvalue weighted by atomic mass is 9.87. The second kappa shape index (κ2) is 5.58. The molecule has 1 heterocycles. The van der Waals surface area contributed by atoms with E-state index in [1.54, 1.807) is 24.3 Å². The molecular formula is C18H16BrNO3.